The van der Waals surface area contributed by atoms with E-state index in [1.807, 2.05) is 18.7 Å². The summed E-state index contributed by atoms with van der Waals surface area (Å²) in [6.45, 7) is 4.00. The van der Waals surface area contributed by atoms with Crippen LogP contribution in [0.3, 0.4) is 0 Å². The zero-order valence-electron chi connectivity index (χ0n) is 20.8. The van der Waals surface area contributed by atoms with Gasteiger partial charge in [0, 0.05) is 22.8 Å². The van der Waals surface area contributed by atoms with Gasteiger partial charge in [-0.2, -0.15) is 26.3 Å². The van der Waals surface area contributed by atoms with Crippen LogP contribution in [-0.2, 0) is 6.18 Å². The van der Waals surface area contributed by atoms with Crippen LogP contribution in [-0.4, -0.2) is 28.6 Å². The van der Waals surface area contributed by atoms with Crippen LogP contribution in [0.4, 0.5) is 37.7 Å². The molecule has 1 aromatic carbocycles. The minimum atomic E-state index is -4.80. The summed E-state index contributed by atoms with van der Waals surface area (Å²) >= 11 is 0. The van der Waals surface area contributed by atoms with Gasteiger partial charge in [-0.15, -0.1) is 0 Å². The smallest absolute Gasteiger partial charge is 0.360 e. The van der Waals surface area contributed by atoms with Crippen molar-refractivity contribution >= 4 is 28.9 Å². The maximum absolute atomic E-state index is 14.0. The number of H-pyrrole nitrogens is 1. The van der Waals surface area contributed by atoms with Crippen LogP contribution in [0, 0.1) is 5.92 Å². The largest absolute Gasteiger partial charge is 0.418 e. The van der Waals surface area contributed by atoms with Crippen LogP contribution in [0.15, 0.2) is 29.2 Å². The highest BCUT2D eigenvalue weighted by molar-refractivity contribution is 6.04. The number of pyridine rings is 1. The third-order valence-corrected chi connectivity index (χ3v) is 8.24. The highest BCUT2D eigenvalue weighted by atomic mass is 19.4. The van der Waals surface area contributed by atoms with E-state index in [-0.39, 0.29) is 23.4 Å². The number of nitrogens with one attached hydrogen (secondary N) is 2. The standard InChI is InChI=1S/C25H21F6N3O2.C2H6/c26-24(27,28)15-2-1-3-18-20(15)21(35)14(11-32-18)22(36)33-17-6-5-13(10-16(17)25(29,30)31)34-19-7-4-12-8-9-23(12,19)34;1-2/h3,5-6,10-12,19,32H,1-2,4,7-9H2,(H,33,36);1-2H3. The number of piperidine rings is 1. The molecule has 2 heterocycles. The molecule has 4 aliphatic rings. The fourth-order valence-corrected chi connectivity index (χ4v) is 6.52. The van der Waals surface area contributed by atoms with Gasteiger partial charge in [-0.05, 0) is 62.6 Å². The van der Waals surface area contributed by atoms with Gasteiger partial charge in [0.25, 0.3) is 5.91 Å². The van der Waals surface area contributed by atoms with Crippen molar-refractivity contribution in [2.45, 2.75) is 76.3 Å². The van der Waals surface area contributed by atoms with Gasteiger partial charge in [-0.1, -0.05) is 19.9 Å². The normalized spacial score (nSPS) is 25.2. The number of rotatable bonds is 3. The Morgan fingerprint density at radius 3 is 2.42 bits per heavy atom. The average Bonchev–Trinajstić information content (AvgIpc) is 3.47. The first kappa shape index (κ1) is 26.4. The van der Waals surface area contributed by atoms with Gasteiger partial charge in [-0.25, -0.2) is 0 Å². The molecule has 0 bridgehead atoms. The predicted octanol–water partition coefficient (Wildman–Crippen LogP) is 5.09. The van der Waals surface area contributed by atoms with Crippen LogP contribution in [0.25, 0.3) is 11.6 Å². The molecule has 0 radical (unpaired) electrons. The highest BCUT2D eigenvalue weighted by Crippen LogP contribution is 2.68. The third kappa shape index (κ3) is 3.92. The Hall–Kier alpha value is -3.24. The molecule has 3 unspecified atom stereocenters. The van der Waals surface area contributed by atoms with E-state index in [2.05, 4.69) is 10.3 Å². The second-order valence-electron chi connectivity index (χ2n) is 9.91. The van der Waals surface area contributed by atoms with Gasteiger partial charge in [0.15, 0.2) is 0 Å². The monoisotopic (exact) mass is 539 g/mol. The molecule has 38 heavy (non-hydrogen) atoms. The molecule has 3 aliphatic carbocycles. The zero-order valence-corrected chi connectivity index (χ0v) is 20.8. The first-order valence-corrected chi connectivity index (χ1v) is 12.8. The van der Waals surface area contributed by atoms with Crippen molar-refractivity contribution in [2.75, 3.05) is 10.2 Å². The molecular weight excluding hydrogens is 512 g/mol. The van der Waals surface area contributed by atoms with E-state index in [0.29, 0.717) is 11.6 Å². The van der Waals surface area contributed by atoms with E-state index in [9.17, 15) is 35.9 Å². The van der Waals surface area contributed by atoms with E-state index >= 15 is 0 Å². The molecular formula is C27H27F6N3O2. The predicted molar refractivity (Wildman–Crippen MR) is 131 cm³/mol. The van der Waals surface area contributed by atoms with Crippen molar-refractivity contribution < 1.29 is 31.1 Å². The first-order valence-electron chi connectivity index (χ1n) is 12.8. The second kappa shape index (κ2) is 8.91. The molecule has 1 aromatic heterocycles. The van der Waals surface area contributed by atoms with Gasteiger partial charge in [0.1, 0.15) is 5.56 Å². The van der Waals surface area contributed by atoms with Crippen LogP contribution in [0.1, 0.15) is 68.3 Å². The first-order chi connectivity index (χ1) is 17.9. The van der Waals surface area contributed by atoms with Crippen molar-refractivity contribution in [3.05, 3.63) is 56.3 Å². The molecule has 5 nitrogen and oxygen atoms in total. The summed E-state index contributed by atoms with van der Waals surface area (Å²) in [5, 5.41) is 1.37. The lowest BCUT2D eigenvalue weighted by molar-refractivity contribution is -0.136. The number of aromatic amines is 1. The summed E-state index contributed by atoms with van der Waals surface area (Å²) in [4.78, 5) is 30.3. The molecule has 1 spiro atoms. The number of amides is 1. The Labute approximate surface area is 214 Å². The number of nitrogens with zero attached hydrogens (tertiary/aromatic N) is 1. The maximum atomic E-state index is 14.0. The average molecular weight is 540 g/mol. The van der Waals surface area contributed by atoms with E-state index in [4.69, 9.17) is 0 Å². The number of anilines is 2. The van der Waals surface area contributed by atoms with E-state index < -0.39 is 57.7 Å². The van der Waals surface area contributed by atoms with Gasteiger partial charge in [0.2, 0.25) is 5.43 Å². The number of hydrogen-bond donors (Lipinski definition) is 2. The van der Waals surface area contributed by atoms with E-state index in [1.165, 1.54) is 12.1 Å². The topological polar surface area (TPSA) is 65.0 Å². The lowest BCUT2D eigenvalue weighted by Crippen LogP contribution is -2.49. The summed E-state index contributed by atoms with van der Waals surface area (Å²) in [5.74, 6) is -0.715. The molecule has 3 fully saturated rings. The molecule has 11 heteroatoms. The number of carbonyl (C=O) groups excluding carboxylic acids is 1. The van der Waals surface area contributed by atoms with Crippen molar-refractivity contribution in [2.24, 2.45) is 5.92 Å². The summed E-state index contributed by atoms with van der Waals surface area (Å²) in [7, 11) is 0. The summed E-state index contributed by atoms with van der Waals surface area (Å²) in [5.41, 5.74) is -4.17. The lowest BCUT2D eigenvalue weighted by Gasteiger charge is -2.36. The lowest BCUT2D eigenvalue weighted by atomic mass is 9.74. The molecule has 2 N–H and O–H groups in total. The van der Waals surface area contributed by atoms with Crippen molar-refractivity contribution in [1.82, 2.24) is 4.98 Å². The molecule has 6 rings (SSSR count). The van der Waals surface area contributed by atoms with Crippen molar-refractivity contribution in [1.29, 1.82) is 0 Å². The number of hydrogen-bond acceptors (Lipinski definition) is 3. The van der Waals surface area contributed by atoms with Crippen LogP contribution < -0.4 is 26.2 Å². The van der Waals surface area contributed by atoms with Crippen molar-refractivity contribution in [3.8, 4) is 0 Å². The van der Waals surface area contributed by atoms with Crippen LogP contribution in [0.2, 0.25) is 0 Å². The SMILES string of the molecule is CC.O=C(Nc1ccc(N2C3CCC4CCC432)cc1C(F)(F)F)c1c[nH]c2c(c1=O)=C(C(F)(F)F)CCC=2. The number of alkyl halides is 6. The molecule has 3 atom stereocenters. The molecule has 2 saturated carbocycles. The molecule has 1 saturated heterocycles. The highest BCUT2D eigenvalue weighted by Gasteiger charge is 2.73. The second-order valence-corrected chi connectivity index (χ2v) is 9.91. The van der Waals surface area contributed by atoms with E-state index in [1.54, 1.807) is 0 Å². The Kier molecular flexibility index (Phi) is 6.18. The number of fused-ring (bicyclic) bond motifs is 1. The molecule has 2 aromatic rings. The fraction of sp³-hybridized carbons (Fsp3) is 0.481. The van der Waals surface area contributed by atoms with Crippen molar-refractivity contribution in [3.63, 3.8) is 0 Å². The van der Waals surface area contributed by atoms with E-state index in [0.717, 1.165) is 44.0 Å². The number of halogens is 6. The molecule has 1 aliphatic heterocycles. The Morgan fingerprint density at radius 2 is 1.82 bits per heavy atom. The van der Waals surface area contributed by atoms with Crippen LogP contribution in [0.5, 0.6) is 0 Å². The Morgan fingerprint density at radius 1 is 1.08 bits per heavy atom. The molecule has 1 amide bonds. The number of carbonyl (C=O) groups is 1. The fourth-order valence-electron chi connectivity index (χ4n) is 6.52. The Bertz CT molecular complexity index is 1480. The summed E-state index contributed by atoms with van der Waals surface area (Å²) in [6, 6.07) is 3.89. The minimum absolute atomic E-state index is 0.0340. The minimum Gasteiger partial charge on any atom is -0.360 e. The van der Waals surface area contributed by atoms with Crippen LogP contribution >= 0.6 is 0 Å². The number of aromatic nitrogens is 1. The van der Waals surface area contributed by atoms with Gasteiger partial charge >= 0.3 is 12.4 Å². The zero-order chi connectivity index (χ0) is 27.6. The summed E-state index contributed by atoms with van der Waals surface area (Å²) in [6.07, 6.45) is -3.53. The quantitative estimate of drug-likeness (QED) is 0.422. The third-order valence-electron chi connectivity index (χ3n) is 8.24. The van der Waals surface area contributed by atoms with Gasteiger partial charge in [-0.3, -0.25) is 9.59 Å². The summed E-state index contributed by atoms with van der Waals surface area (Å²) < 4.78 is 82.3. The maximum Gasteiger partial charge on any atom is 0.418 e. The molecule has 204 valence electrons. The van der Waals surface area contributed by atoms with Gasteiger partial charge in [0.05, 0.1) is 28.1 Å². The van der Waals surface area contributed by atoms with Gasteiger partial charge < -0.3 is 15.2 Å². The number of benzene rings is 1. The Balaban J connectivity index is 0.00000144.